The van der Waals surface area contributed by atoms with Gasteiger partial charge in [-0.15, -0.1) is 0 Å². The van der Waals surface area contributed by atoms with E-state index in [1.807, 2.05) is 0 Å². The molecule has 1 rings (SSSR count). The molecule has 0 saturated heterocycles. The number of imide groups is 1. The van der Waals surface area contributed by atoms with Crippen molar-refractivity contribution in [1.29, 1.82) is 0 Å². The smallest absolute Gasteiger partial charge is 0.267 e. The number of carbonyl (C=O) groups is 2. The van der Waals surface area contributed by atoms with Crippen LogP contribution in [-0.4, -0.2) is 41.0 Å². The Labute approximate surface area is 87.3 Å². The molecule has 1 N–H and O–H groups in total. The van der Waals surface area contributed by atoms with Crippen LogP contribution in [0.15, 0.2) is 12.2 Å². The molecule has 1 aliphatic heterocycles. The lowest BCUT2D eigenvalue weighted by atomic mass is 10.1. The van der Waals surface area contributed by atoms with Crippen LogP contribution in [0, 0.1) is 0 Å². The van der Waals surface area contributed by atoms with Gasteiger partial charge in [-0.05, 0) is 13.8 Å². The van der Waals surface area contributed by atoms with Gasteiger partial charge in [-0.3, -0.25) is 19.0 Å². The number of rotatable bonds is 3. The Morgan fingerprint density at radius 3 is 2.00 bits per heavy atom. The van der Waals surface area contributed by atoms with Crippen LogP contribution in [0.1, 0.15) is 13.8 Å². The molecule has 2 amide bonds. The number of hydrogen-bond acceptors (Lipinski definition) is 4. The second-order valence-electron chi connectivity index (χ2n) is 3.88. The lowest BCUT2D eigenvalue weighted by Crippen LogP contribution is -2.51. The fourth-order valence-corrected chi connectivity index (χ4v) is 2.53. The fraction of sp³-hybridized carbons (Fsp3) is 0.500. The van der Waals surface area contributed by atoms with E-state index in [9.17, 15) is 18.0 Å². The summed E-state index contributed by atoms with van der Waals surface area (Å²) in [5.41, 5.74) is -1.26. The monoisotopic (exact) mass is 233 g/mol. The molecule has 1 heterocycles. The van der Waals surface area contributed by atoms with Crippen LogP contribution in [-0.2, 0) is 19.7 Å². The van der Waals surface area contributed by atoms with E-state index >= 15 is 0 Å². The summed E-state index contributed by atoms with van der Waals surface area (Å²) in [6, 6.07) is 0. The molecule has 6 nitrogen and oxygen atoms in total. The summed E-state index contributed by atoms with van der Waals surface area (Å²) in [5.74, 6) is -1.83. The first-order chi connectivity index (χ1) is 6.63. The highest BCUT2D eigenvalue weighted by molar-refractivity contribution is 7.85. The molecular weight excluding hydrogens is 222 g/mol. The SMILES string of the molecule is CC(C)(CS(=O)(=O)O)N1C(=O)C=CC1=O. The summed E-state index contributed by atoms with van der Waals surface area (Å²) in [6.07, 6.45) is 2.13. The van der Waals surface area contributed by atoms with Crippen molar-refractivity contribution >= 4 is 21.9 Å². The van der Waals surface area contributed by atoms with Crippen molar-refractivity contribution in [3.63, 3.8) is 0 Å². The van der Waals surface area contributed by atoms with E-state index in [0.717, 1.165) is 17.1 Å². The number of nitrogens with zero attached hydrogens (tertiary/aromatic N) is 1. The first-order valence-corrected chi connectivity index (χ1v) is 5.76. The van der Waals surface area contributed by atoms with Crippen LogP contribution in [0.5, 0.6) is 0 Å². The van der Waals surface area contributed by atoms with Crippen LogP contribution in [0.3, 0.4) is 0 Å². The van der Waals surface area contributed by atoms with Crippen LogP contribution in [0.2, 0.25) is 0 Å². The van der Waals surface area contributed by atoms with Crippen LogP contribution < -0.4 is 0 Å². The average molecular weight is 233 g/mol. The second kappa shape index (κ2) is 3.42. The van der Waals surface area contributed by atoms with Crippen LogP contribution in [0.25, 0.3) is 0 Å². The normalized spacial score (nSPS) is 17.7. The highest BCUT2D eigenvalue weighted by Gasteiger charge is 2.39. The summed E-state index contributed by atoms with van der Waals surface area (Å²) in [4.78, 5) is 23.3. The van der Waals surface area contributed by atoms with Gasteiger partial charge in [-0.1, -0.05) is 0 Å². The first kappa shape index (κ1) is 11.9. The zero-order valence-electron chi connectivity index (χ0n) is 8.30. The van der Waals surface area contributed by atoms with Gasteiger partial charge in [-0.25, -0.2) is 0 Å². The van der Waals surface area contributed by atoms with Gasteiger partial charge in [0.15, 0.2) is 0 Å². The fourth-order valence-electron chi connectivity index (χ4n) is 1.51. The molecule has 0 aliphatic carbocycles. The van der Waals surface area contributed by atoms with Crippen molar-refractivity contribution in [1.82, 2.24) is 4.90 Å². The highest BCUT2D eigenvalue weighted by atomic mass is 32.2. The van der Waals surface area contributed by atoms with Gasteiger partial charge >= 0.3 is 0 Å². The first-order valence-electron chi connectivity index (χ1n) is 4.15. The summed E-state index contributed by atoms with van der Waals surface area (Å²) < 4.78 is 30.1. The Kier molecular flexibility index (Phi) is 2.71. The maximum Gasteiger partial charge on any atom is 0.267 e. The number of carbonyl (C=O) groups excluding carboxylic acids is 2. The Hall–Kier alpha value is -1.21. The van der Waals surface area contributed by atoms with E-state index in [4.69, 9.17) is 4.55 Å². The third-order valence-corrected chi connectivity index (χ3v) is 3.02. The summed E-state index contributed by atoms with van der Waals surface area (Å²) >= 11 is 0. The molecule has 0 aromatic carbocycles. The van der Waals surface area contributed by atoms with Crippen molar-refractivity contribution in [2.45, 2.75) is 19.4 Å². The molecule has 0 unspecified atom stereocenters. The lowest BCUT2D eigenvalue weighted by Gasteiger charge is -2.32. The standard InChI is InChI=1S/C8H11NO5S/c1-8(2,5-15(12,13)14)9-6(10)3-4-7(9)11/h3-4H,5H2,1-2H3,(H,12,13,14). The molecule has 0 atom stereocenters. The van der Waals surface area contributed by atoms with Gasteiger partial charge < -0.3 is 0 Å². The zero-order valence-corrected chi connectivity index (χ0v) is 9.11. The van der Waals surface area contributed by atoms with E-state index in [1.54, 1.807) is 0 Å². The molecule has 0 bridgehead atoms. The Morgan fingerprint density at radius 1 is 1.27 bits per heavy atom. The van der Waals surface area contributed by atoms with Crippen molar-refractivity contribution in [3.05, 3.63) is 12.2 Å². The van der Waals surface area contributed by atoms with E-state index in [0.29, 0.717) is 0 Å². The van der Waals surface area contributed by atoms with Crippen molar-refractivity contribution in [3.8, 4) is 0 Å². The molecule has 0 fully saturated rings. The second-order valence-corrected chi connectivity index (χ2v) is 5.34. The third kappa shape index (κ3) is 2.63. The molecule has 0 spiro atoms. The topological polar surface area (TPSA) is 91.8 Å². The molecule has 15 heavy (non-hydrogen) atoms. The molecular formula is C8H11NO5S. The van der Waals surface area contributed by atoms with E-state index in [2.05, 4.69) is 0 Å². The van der Waals surface area contributed by atoms with Crippen LogP contribution >= 0.6 is 0 Å². The van der Waals surface area contributed by atoms with Gasteiger partial charge in [0.25, 0.3) is 21.9 Å². The molecule has 0 saturated carbocycles. The summed E-state index contributed by atoms with van der Waals surface area (Å²) in [7, 11) is -4.24. The Balaban J connectivity index is 2.97. The minimum absolute atomic E-state index is 0.575. The molecule has 1 aliphatic rings. The van der Waals surface area contributed by atoms with Gasteiger partial charge in [0, 0.05) is 12.2 Å². The quantitative estimate of drug-likeness (QED) is 0.528. The van der Waals surface area contributed by atoms with Crippen molar-refractivity contribution in [2.24, 2.45) is 0 Å². The minimum atomic E-state index is -4.24. The lowest BCUT2D eigenvalue weighted by molar-refractivity contribution is -0.141. The minimum Gasteiger partial charge on any atom is -0.285 e. The average Bonchev–Trinajstić information content (AvgIpc) is 2.25. The molecule has 0 aromatic rings. The summed E-state index contributed by atoms with van der Waals surface area (Å²) in [5, 5.41) is 0. The van der Waals surface area contributed by atoms with Gasteiger partial charge in [0.2, 0.25) is 0 Å². The Bertz CT molecular complexity index is 416. The van der Waals surface area contributed by atoms with E-state index < -0.39 is 33.2 Å². The third-order valence-electron chi connectivity index (χ3n) is 1.95. The number of amides is 2. The maximum absolute atomic E-state index is 11.3. The maximum atomic E-state index is 11.3. The molecule has 0 radical (unpaired) electrons. The van der Waals surface area contributed by atoms with E-state index in [1.165, 1.54) is 13.8 Å². The van der Waals surface area contributed by atoms with E-state index in [-0.39, 0.29) is 0 Å². The molecule has 7 heteroatoms. The Morgan fingerprint density at radius 2 is 1.67 bits per heavy atom. The highest BCUT2D eigenvalue weighted by Crippen LogP contribution is 2.21. The number of hydrogen-bond donors (Lipinski definition) is 1. The largest absolute Gasteiger partial charge is 0.285 e. The van der Waals surface area contributed by atoms with Crippen molar-refractivity contribution in [2.75, 3.05) is 5.75 Å². The van der Waals surface area contributed by atoms with Crippen LogP contribution in [0.4, 0.5) is 0 Å². The molecule has 84 valence electrons. The predicted octanol–water partition coefficient (Wildman–Crippen LogP) is -0.422. The van der Waals surface area contributed by atoms with Crippen molar-refractivity contribution < 1.29 is 22.6 Å². The van der Waals surface area contributed by atoms with Gasteiger partial charge in [0.1, 0.15) is 0 Å². The zero-order chi connectivity index (χ0) is 11.9. The van der Waals surface area contributed by atoms with Gasteiger partial charge in [0.05, 0.1) is 11.3 Å². The van der Waals surface area contributed by atoms with Gasteiger partial charge in [-0.2, -0.15) is 8.42 Å². The summed E-state index contributed by atoms with van der Waals surface area (Å²) in [6.45, 7) is 2.78. The predicted molar refractivity (Wildman–Crippen MR) is 51.5 cm³/mol. The molecule has 0 aromatic heterocycles.